The summed E-state index contributed by atoms with van der Waals surface area (Å²) in [5.41, 5.74) is 1.23. The lowest BCUT2D eigenvalue weighted by Gasteiger charge is -2.11. The monoisotopic (exact) mass is 377 g/mol. The van der Waals surface area contributed by atoms with Crippen LogP contribution in [0.25, 0.3) is 0 Å². The molecule has 0 bridgehead atoms. The third kappa shape index (κ3) is 3.58. The number of anilines is 2. The Hall–Kier alpha value is -2.78. The number of hydrogen-bond donors (Lipinski definition) is 2. The maximum absolute atomic E-state index is 13.5. The van der Waals surface area contributed by atoms with Gasteiger partial charge in [0.25, 0.3) is 0 Å². The molecule has 26 heavy (non-hydrogen) atoms. The molecule has 1 aliphatic heterocycles. The molecule has 136 valence electrons. The van der Waals surface area contributed by atoms with Crippen molar-refractivity contribution in [3.8, 4) is 0 Å². The van der Waals surface area contributed by atoms with E-state index in [1.807, 2.05) is 0 Å². The molecule has 0 aliphatic carbocycles. The molecule has 2 N–H and O–H groups in total. The minimum atomic E-state index is -3.95. The van der Waals surface area contributed by atoms with Gasteiger partial charge >= 0.3 is 0 Å². The van der Waals surface area contributed by atoms with E-state index in [0.29, 0.717) is 11.3 Å². The van der Waals surface area contributed by atoms with Gasteiger partial charge in [-0.1, -0.05) is 12.1 Å². The van der Waals surface area contributed by atoms with E-state index in [1.165, 1.54) is 35.2 Å². The molecular formula is C17H16FN3O4S. The summed E-state index contributed by atoms with van der Waals surface area (Å²) in [6.45, 7) is -0.549. The molecule has 1 aliphatic rings. The zero-order chi connectivity index (χ0) is 18.9. The van der Waals surface area contributed by atoms with Gasteiger partial charge in [-0.05, 0) is 35.9 Å². The van der Waals surface area contributed by atoms with E-state index in [9.17, 15) is 22.4 Å². The predicted octanol–water partition coefficient (Wildman–Crippen LogP) is 1.26. The van der Waals surface area contributed by atoms with E-state index in [2.05, 4.69) is 10.0 Å². The third-order valence-electron chi connectivity index (χ3n) is 4.01. The summed E-state index contributed by atoms with van der Waals surface area (Å²) >= 11 is 0. The van der Waals surface area contributed by atoms with Crippen LogP contribution in [0.4, 0.5) is 15.8 Å². The minimum Gasteiger partial charge on any atom is -0.322 e. The van der Waals surface area contributed by atoms with Gasteiger partial charge in [0.1, 0.15) is 5.82 Å². The van der Waals surface area contributed by atoms with Crippen molar-refractivity contribution in [2.45, 2.75) is 11.3 Å². The fraction of sp³-hybridized carbons (Fsp3) is 0.176. The van der Waals surface area contributed by atoms with Gasteiger partial charge in [-0.15, -0.1) is 0 Å². The lowest BCUT2D eigenvalue weighted by molar-refractivity contribution is -0.117. The number of hydrogen-bond acceptors (Lipinski definition) is 4. The van der Waals surface area contributed by atoms with Gasteiger partial charge < -0.3 is 10.2 Å². The molecule has 9 heteroatoms. The van der Waals surface area contributed by atoms with E-state index in [-0.39, 0.29) is 22.9 Å². The molecule has 3 rings (SSSR count). The summed E-state index contributed by atoms with van der Waals surface area (Å²) in [6.07, 6.45) is 0.128. The SMILES string of the molecule is CN1C(=O)Cc2cc(S(=O)(=O)NCC(=O)Nc3ccccc3F)ccc21. The second-order valence-corrected chi connectivity index (χ2v) is 7.54. The van der Waals surface area contributed by atoms with Crippen LogP contribution < -0.4 is 14.9 Å². The Morgan fingerprint density at radius 3 is 2.69 bits per heavy atom. The van der Waals surface area contributed by atoms with E-state index in [4.69, 9.17) is 0 Å². The number of halogens is 1. The number of amides is 2. The Labute approximate surface area is 149 Å². The molecule has 0 saturated carbocycles. The van der Waals surface area contributed by atoms with Crippen molar-refractivity contribution in [2.75, 3.05) is 23.8 Å². The molecule has 0 radical (unpaired) electrons. The molecule has 1 heterocycles. The van der Waals surface area contributed by atoms with Crippen LogP contribution in [-0.4, -0.2) is 33.8 Å². The Kier molecular flexibility index (Phi) is 4.75. The van der Waals surface area contributed by atoms with E-state index < -0.39 is 28.3 Å². The lowest BCUT2D eigenvalue weighted by atomic mass is 10.2. The van der Waals surface area contributed by atoms with Crippen LogP contribution >= 0.6 is 0 Å². The summed E-state index contributed by atoms with van der Waals surface area (Å²) in [6, 6.07) is 9.90. The molecular weight excluding hydrogens is 361 g/mol. The van der Waals surface area contributed by atoms with E-state index in [1.54, 1.807) is 19.2 Å². The fourth-order valence-corrected chi connectivity index (χ4v) is 3.65. The van der Waals surface area contributed by atoms with Crippen molar-refractivity contribution in [1.82, 2.24) is 4.72 Å². The summed E-state index contributed by atoms with van der Waals surface area (Å²) in [4.78, 5) is 25.0. The van der Waals surface area contributed by atoms with E-state index >= 15 is 0 Å². The van der Waals surface area contributed by atoms with Crippen LogP contribution in [0.5, 0.6) is 0 Å². The van der Waals surface area contributed by atoms with Crippen molar-refractivity contribution in [2.24, 2.45) is 0 Å². The molecule has 0 saturated heterocycles. The standard InChI is InChI=1S/C17H16FN3O4S/c1-21-15-7-6-12(8-11(15)9-17(21)23)26(24,25)19-10-16(22)20-14-5-3-2-4-13(14)18/h2-8,19H,9-10H2,1H3,(H,20,22). The molecule has 2 aromatic rings. The van der Waals surface area contributed by atoms with E-state index in [0.717, 1.165) is 0 Å². The van der Waals surface area contributed by atoms with Crippen molar-refractivity contribution >= 4 is 33.2 Å². The van der Waals surface area contributed by atoms with Gasteiger partial charge in [0, 0.05) is 12.7 Å². The first-order valence-electron chi connectivity index (χ1n) is 7.71. The topological polar surface area (TPSA) is 95.6 Å². The van der Waals surface area contributed by atoms with Gasteiger partial charge in [-0.25, -0.2) is 17.5 Å². The Balaban J connectivity index is 1.68. The Morgan fingerprint density at radius 2 is 1.96 bits per heavy atom. The van der Waals surface area contributed by atoms with Crippen LogP contribution in [0.15, 0.2) is 47.4 Å². The largest absolute Gasteiger partial charge is 0.322 e. The van der Waals surface area contributed by atoms with Crippen LogP contribution in [0, 0.1) is 5.82 Å². The number of fused-ring (bicyclic) bond motifs is 1. The first-order chi connectivity index (χ1) is 12.3. The van der Waals surface area contributed by atoms with Gasteiger partial charge in [-0.2, -0.15) is 0 Å². The molecule has 7 nitrogen and oxygen atoms in total. The number of para-hydroxylation sites is 1. The number of nitrogens with one attached hydrogen (secondary N) is 2. The summed E-state index contributed by atoms with van der Waals surface area (Å²) < 4.78 is 40.4. The van der Waals surface area contributed by atoms with Gasteiger partial charge in [-0.3, -0.25) is 9.59 Å². The first kappa shape index (κ1) is 18.0. The molecule has 0 fully saturated rings. The number of carbonyl (C=O) groups excluding carboxylic acids is 2. The van der Waals surface area contributed by atoms with Crippen LogP contribution in [-0.2, 0) is 26.0 Å². The van der Waals surface area contributed by atoms with Gasteiger partial charge in [0.05, 0.1) is 23.5 Å². The van der Waals surface area contributed by atoms with Crippen LogP contribution in [0.1, 0.15) is 5.56 Å². The Bertz CT molecular complexity index is 991. The highest BCUT2D eigenvalue weighted by Gasteiger charge is 2.26. The maximum atomic E-state index is 13.5. The summed E-state index contributed by atoms with van der Waals surface area (Å²) in [5.74, 6) is -1.43. The quantitative estimate of drug-likeness (QED) is 0.820. The number of benzene rings is 2. The van der Waals surface area contributed by atoms with Crippen molar-refractivity contribution in [3.63, 3.8) is 0 Å². The fourth-order valence-electron chi connectivity index (χ4n) is 2.61. The van der Waals surface area contributed by atoms with Crippen LogP contribution in [0.2, 0.25) is 0 Å². The molecule has 0 spiro atoms. The molecule has 0 atom stereocenters. The second-order valence-electron chi connectivity index (χ2n) is 5.77. The second kappa shape index (κ2) is 6.85. The third-order valence-corrected chi connectivity index (χ3v) is 5.41. The van der Waals surface area contributed by atoms with Crippen molar-refractivity contribution < 1.29 is 22.4 Å². The first-order valence-corrected chi connectivity index (χ1v) is 9.20. The average molecular weight is 377 g/mol. The Morgan fingerprint density at radius 1 is 1.23 bits per heavy atom. The molecule has 2 aromatic carbocycles. The van der Waals surface area contributed by atoms with Crippen molar-refractivity contribution in [1.29, 1.82) is 0 Å². The molecule has 0 aromatic heterocycles. The maximum Gasteiger partial charge on any atom is 0.241 e. The lowest BCUT2D eigenvalue weighted by Crippen LogP contribution is -2.33. The number of rotatable bonds is 5. The number of nitrogens with zero attached hydrogens (tertiary/aromatic N) is 1. The minimum absolute atomic E-state index is 0.0317. The number of sulfonamides is 1. The highest BCUT2D eigenvalue weighted by molar-refractivity contribution is 7.89. The summed E-state index contributed by atoms with van der Waals surface area (Å²) in [5, 5.41) is 2.30. The zero-order valence-corrected chi connectivity index (χ0v) is 14.6. The zero-order valence-electron chi connectivity index (χ0n) is 13.8. The average Bonchev–Trinajstić information content (AvgIpc) is 2.89. The smallest absolute Gasteiger partial charge is 0.241 e. The van der Waals surface area contributed by atoms with Gasteiger partial charge in [0.2, 0.25) is 21.8 Å². The normalized spacial score (nSPS) is 13.6. The van der Waals surface area contributed by atoms with Crippen LogP contribution in [0.3, 0.4) is 0 Å². The molecule has 2 amide bonds. The van der Waals surface area contributed by atoms with Crippen molar-refractivity contribution in [3.05, 3.63) is 53.8 Å². The highest BCUT2D eigenvalue weighted by atomic mass is 32.2. The predicted molar refractivity (Wildman–Crippen MR) is 93.8 cm³/mol. The molecule has 0 unspecified atom stereocenters. The number of likely N-dealkylation sites (N-methyl/N-ethyl adjacent to an activating group) is 1. The summed E-state index contributed by atoms with van der Waals surface area (Å²) in [7, 11) is -2.33. The van der Waals surface area contributed by atoms with Gasteiger partial charge in [0.15, 0.2) is 0 Å². The number of carbonyl (C=O) groups is 2. The highest BCUT2D eigenvalue weighted by Crippen LogP contribution is 2.29.